The number of hydrogen-bond donors (Lipinski definition) is 2. The van der Waals surface area contributed by atoms with Gasteiger partial charge in [0.25, 0.3) is 0 Å². The van der Waals surface area contributed by atoms with Gasteiger partial charge in [-0.15, -0.1) is 0 Å². The van der Waals surface area contributed by atoms with Crippen molar-refractivity contribution in [2.45, 2.75) is 31.5 Å². The second-order valence-electron chi connectivity index (χ2n) is 5.87. The van der Waals surface area contributed by atoms with E-state index in [1.165, 1.54) is 10.8 Å². The van der Waals surface area contributed by atoms with E-state index in [2.05, 4.69) is 10.3 Å². The molecule has 23 heavy (non-hydrogen) atoms. The van der Waals surface area contributed by atoms with Crippen LogP contribution in [-0.4, -0.2) is 68.8 Å². The number of carbonyl (C=O) groups is 1. The van der Waals surface area contributed by atoms with Crippen LogP contribution in [0.4, 0.5) is 5.82 Å². The molecule has 1 amide bonds. The normalized spacial score (nSPS) is 22.2. The SMILES string of the molecule is O=C(CN1CCC(O)CC1)N[C@@H]1COc2nc([N+](=O)[O-])cn2C1. The Hall–Kier alpha value is -2.20. The number of aromatic nitrogens is 2. The first-order chi connectivity index (χ1) is 11.0. The van der Waals surface area contributed by atoms with E-state index in [9.17, 15) is 20.0 Å². The molecule has 1 aromatic rings. The number of piperidine rings is 1. The van der Waals surface area contributed by atoms with Crippen molar-refractivity contribution in [3.63, 3.8) is 0 Å². The maximum absolute atomic E-state index is 12.1. The highest BCUT2D eigenvalue weighted by atomic mass is 16.6. The quantitative estimate of drug-likeness (QED) is 0.544. The predicted molar refractivity (Wildman–Crippen MR) is 78.0 cm³/mol. The number of hydrogen-bond acceptors (Lipinski definition) is 7. The molecule has 10 nitrogen and oxygen atoms in total. The zero-order valence-electron chi connectivity index (χ0n) is 12.6. The van der Waals surface area contributed by atoms with Crippen LogP contribution >= 0.6 is 0 Å². The third-order valence-corrected chi connectivity index (χ3v) is 4.03. The Morgan fingerprint density at radius 1 is 1.52 bits per heavy atom. The minimum atomic E-state index is -0.576. The lowest BCUT2D eigenvalue weighted by Crippen LogP contribution is -2.49. The van der Waals surface area contributed by atoms with E-state index in [0.717, 1.165) is 0 Å². The molecule has 3 heterocycles. The smallest absolute Gasteiger partial charge is 0.414 e. The van der Waals surface area contributed by atoms with Crippen LogP contribution in [0.5, 0.6) is 6.01 Å². The van der Waals surface area contributed by atoms with Gasteiger partial charge < -0.3 is 25.3 Å². The van der Waals surface area contributed by atoms with Gasteiger partial charge in [0, 0.05) is 18.1 Å². The van der Waals surface area contributed by atoms with Gasteiger partial charge in [-0.25, -0.2) is 0 Å². The number of nitro groups is 1. The summed E-state index contributed by atoms with van der Waals surface area (Å²) in [6.07, 6.45) is 2.40. The average Bonchev–Trinajstić information content (AvgIpc) is 2.93. The second-order valence-corrected chi connectivity index (χ2v) is 5.87. The summed E-state index contributed by atoms with van der Waals surface area (Å²) < 4.78 is 6.89. The molecule has 0 unspecified atom stereocenters. The minimum Gasteiger partial charge on any atom is -0.444 e. The number of rotatable bonds is 4. The highest BCUT2D eigenvalue weighted by molar-refractivity contribution is 5.78. The van der Waals surface area contributed by atoms with Gasteiger partial charge in [-0.05, 0) is 17.8 Å². The van der Waals surface area contributed by atoms with Crippen molar-refractivity contribution in [3.05, 3.63) is 16.3 Å². The van der Waals surface area contributed by atoms with Crippen molar-refractivity contribution in [1.29, 1.82) is 0 Å². The van der Waals surface area contributed by atoms with E-state index in [1.54, 1.807) is 0 Å². The fraction of sp³-hybridized carbons (Fsp3) is 0.692. The van der Waals surface area contributed by atoms with E-state index in [1.807, 2.05) is 4.90 Å². The Morgan fingerprint density at radius 2 is 2.26 bits per heavy atom. The molecule has 0 radical (unpaired) electrons. The van der Waals surface area contributed by atoms with Crippen LogP contribution in [-0.2, 0) is 11.3 Å². The summed E-state index contributed by atoms with van der Waals surface area (Å²) in [5, 5.41) is 23.0. The number of amides is 1. The number of imidazole rings is 1. The first kappa shape index (κ1) is 15.7. The summed E-state index contributed by atoms with van der Waals surface area (Å²) in [7, 11) is 0. The molecule has 1 saturated heterocycles. The zero-order chi connectivity index (χ0) is 16.4. The molecule has 1 aromatic heterocycles. The molecule has 2 aliphatic rings. The van der Waals surface area contributed by atoms with E-state index < -0.39 is 4.92 Å². The zero-order valence-corrected chi connectivity index (χ0v) is 12.6. The molecule has 0 aromatic carbocycles. The molecule has 0 aliphatic carbocycles. The molecule has 126 valence electrons. The Kier molecular flexibility index (Phi) is 4.44. The highest BCUT2D eigenvalue weighted by Crippen LogP contribution is 2.21. The van der Waals surface area contributed by atoms with E-state index in [4.69, 9.17) is 4.74 Å². The first-order valence-corrected chi connectivity index (χ1v) is 7.55. The van der Waals surface area contributed by atoms with Crippen LogP contribution in [0.2, 0.25) is 0 Å². The summed E-state index contributed by atoms with van der Waals surface area (Å²) in [4.78, 5) is 28.0. The Labute approximate surface area is 132 Å². The molecule has 3 rings (SSSR count). The van der Waals surface area contributed by atoms with Gasteiger partial charge in [0.05, 0.1) is 25.2 Å². The summed E-state index contributed by atoms with van der Waals surface area (Å²) in [5.41, 5.74) is 0. The molecule has 0 bridgehead atoms. The molecule has 1 atom stereocenters. The molecule has 2 N–H and O–H groups in total. The second kappa shape index (κ2) is 6.50. The lowest BCUT2D eigenvalue weighted by Gasteiger charge is -2.30. The van der Waals surface area contributed by atoms with E-state index in [0.29, 0.717) is 32.5 Å². The fourth-order valence-corrected chi connectivity index (χ4v) is 2.83. The summed E-state index contributed by atoms with van der Waals surface area (Å²) in [6.45, 7) is 2.31. The summed E-state index contributed by atoms with van der Waals surface area (Å²) >= 11 is 0. The number of aliphatic hydroxyl groups is 1. The van der Waals surface area contributed by atoms with Gasteiger partial charge in [-0.2, -0.15) is 0 Å². The van der Waals surface area contributed by atoms with Gasteiger partial charge in [0.2, 0.25) is 5.91 Å². The number of likely N-dealkylation sites (tertiary alicyclic amines) is 1. The summed E-state index contributed by atoms with van der Waals surface area (Å²) in [6, 6.07) is -0.0496. The number of nitrogens with one attached hydrogen (secondary N) is 1. The monoisotopic (exact) mass is 325 g/mol. The highest BCUT2D eigenvalue weighted by Gasteiger charge is 2.29. The maximum Gasteiger partial charge on any atom is 0.414 e. The Balaban J connectivity index is 1.50. The third kappa shape index (κ3) is 3.77. The fourth-order valence-electron chi connectivity index (χ4n) is 2.83. The molecular formula is C13H19N5O5. The van der Waals surface area contributed by atoms with Gasteiger partial charge in [0.1, 0.15) is 12.8 Å². The molecule has 2 aliphatic heterocycles. The van der Waals surface area contributed by atoms with Crippen molar-refractivity contribution < 1.29 is 19.6 Å². The van der Waals surface area contributed by atoms with Crippen molar-refractivity contribution in [1.82, 2.24) is 19.8 Å². The Morgan fingerprint density at radius 3 is 2.96 bits per heavy atom. The molecular weight excluding hydrogens is 306 g/mol. The molecule has 1 fully saturated rings. The van der Waals surface area contributed by atoms with E-state index in [-0.39, 0.29) is 43.0 Å². The van der Waals surface area contributed by atoms with Gasteiger partial charge in [-0.1, -0.05) is 0 Å². The number of ether oxygens (including phenoxy) is 1. The number of aliphatic hydroxyl groups excluding tert-OH is 1. The van der Waals surface area contributed by atoms with Crippen molar-refractivity contribution in [2.75, 3.05) is 26.2 Å². The minimum absolute atomic E-state index is 0.118. The number of fused-ring (bicyclic) bond motifs is 1. The van der Waals surface area contributed by atoms with E-state index >= 15 is 0 Å². The number of nitrogens with zero attached hydrogens (tertiary/aromatic N) is 4. The average molecular weight is 325 g/mol. The van der Waals surface area contributed by atoms with Crippen molar-refractivity contribution in [2.24, 2.45) is 0 Å². The predicted octanol–water partition coefficient (Wildman–Crippen LogP) is -0.875. The van der Waals surface area contributed by atoms with Crippen LogP contribution in [0, 0.1) is 10.1 Å². The molecule has 10 heteroatoms. The van der Waals surface area contributed by atoms with Crippen LogP contribution < -0.4 is 10.1 Å². The Bertz CT molecular complexity index is 596. The molecule has 0 spiro atoms. The van der Waals surface area contributed by atoms with Gasteiger partial charge in [-0.3, -0.25) is 14.3 Å². The summed E-state index contributed by atoms with van der Waals surface area (Å²) in [5.74, 6) is -0.382. The maximum atomic E-state index is 12.1. The number of carbonyl (C=O) groups excluding carboxylic acids is 1. The standard InChI is InChI=1S/C13H19N5O5/c19-10-1-3-16(4-2-10)7-12(20)14-9-5-17-6-11(18(21)22)15-13(17)23-8-9/h6,9-10,19H,1-5,7-8H2,(H,14,20)/t9-/m0/s1. The lowest BCUT2D eigenvalue weighted by atomic mass is 10.1. The van der Waals surface area contributed by atoms with Gasteiger partial charge in [0.15, 0.2) is 0 Å². The van der Waals surface area contributed by atoms with Gasteiger partial charge >= 0.3 is 11.8 Å². The van der Waals surface area contributed by atoms with Crippen molar-refractivity contribution >= 4 is 11.7 Å². The topological polar surface area (TPSA) is 123 Å². The first-order valence-electron chi connectivity index (χ1n) is 7.55. The van der Waals surface area contributed by atoms with Crippen LogP contribution in [0.3, 0.4) is 0 Å². The van der Waals surface area contributed by atoms with Crippen molar-refractivity contribution in [3.8, 4) is 6.01 Å². The largest absolute Gasteiger partial charge is 0.444 e. The van der Waals surface area contributed by atoms with Crippen LogP contribution in [0.15, 0.2) is 6.20 Å². The lowest BCUT2D eigenvalue weighted by molar-refractivity contribution is -0.389. The molecule has 0 saturated carbocycles. The van der Waals surface area contributed by atoms with Crippen LogP contribution in [0.25, 0.3) is 0 Å². The van der Waals surface area contributed by atoms with Crippen LogP contribution in [0.1, 0.15) is 12.8 Å². The third-order valence-electron chi connectivity index (χ3n) is 4.03.